The molecular formula is C13H28N2. The third-order valence-corrected chi connectivity index (χ3v) is 4.05. The Labute approximate surface area is 95.2 Å². The van der Waals surface area contributed by atoms with E-state index in [1.54, 1.807) is 0 Å². The molecule has 1 aliphatic carbocycles. The zero-order valence-corrected chi connectivity index (χ0v) is 10.8. The van der Waals surface area contributed by atoms with Crippen molar-refractivity contribution in [1.82, 2.24) is 4.90 Å². The molecule has 0 amide bonds. The largest absolute Gasteiger partial charge is 0.330 e. The van der Waals surface area contributed by atoms with E-state index in [4.69, 9.17) is 5.73 Å². The fraction of sp³-hybridized carbons (Fsp3) is 1.00. The minimum absolute atomic E-state index is 0.373. The van der Waals surface area contributed by atoms with Crippen LogP contribution in [0.5, 0.6) is 0 Å². The van der Waals surface area contributed by atoms with Gasteiger partial charge in [0.15, 0.2) is 0 Å². The Kier molecular flexibility index (Phi) is 5.07. The zero-order valence-electron chi connectivity index (χ0n) is 10.8. The van der Waals surface area contributed by atoms with E-state index < -0.39 is 0 Å². The highest BCUT2D eigenvalue weighted by molar-refractivity contribution is 4.89. The van der Waals surface area contributed by atoms with Gasteiger partial charge in [-0.2, -0.15) is 0 Å². The molecule has 0 unspecified atom stereocenters. The molecule has 1 aliphatic rings. The Balaban J connectivity index is 2.52. The van der Waals surface area contributed by atoms with Crippen LogP contribution in [-0.4, -0.2) is 30.6 Å². The number of nitrogens with zero attached hydrogens (tertiary/aromatic N) is 1. The Morgan fingerprint density at radius 3 is 2.13 bits per heavy atom. The molecule has 0 bridgehead atoms. The molecule has 1 saturated carbocycles. The highest BCUT2D eigenvalue weighted by atomic mass is 15.2. The summed E-state index contributed by atoms with van der Waals surface area (Å²) in [5.74, 6) is 0. The van der Waals surface area contributed by atoms with Crippen LogP contribution in [0.3, 0.4) is 0 Å². The fourth-order valence-electron chi connectivity index (χ4n) is 2.38. The molecule has 0 saturated heterocycles. The van der Waals surface area contributed by atoms with E-state index in [1.165, 1.54) is 45.2 Å². The van der Waals surface area contributed by atoms with Gasteiger partial charge >= 0.3 is 0 Å². The van der Waals surface area contributed by atoms with Crippen LogP contribution in [0.1, 0.15) is 52.9 Å². The first kappa shape index (κ1) is 13.0. The number of hydrogen-bond acceptors (Lipinski definition) is 2. The smallest absolute Gasteiger partial charge is 0.00966 e. The summed E-state index contributed by atoms with van der Waals surface area (Å²) < 4.78 is 0. The quantitative estimate of drug-likeness (QED) is 0.670. The van der Waals surface area contributed by atoms with Crippen molar-refractivity contribution in [2.45, 2.75) is 58.9 Å². The molecule has 0 aromatic rings. The molecule has 90 valence electrons. The molecule has 15 heavy (non-hydrogen) atoms. The van der Waals surface area contributed by atoms with E-state index in [9.17, 15) is 0 Å². The van der Waals surface area contributed by atoms with Gasteiger partial charge in [0.1, 0.15) is 0 Å². The van der Waals surface area contributed by atoms with Crippen molar-refractivity contribution >= 4 is 0 Å². The van der Waals surface area contributed by atoms with Crippen LogP contribution in [0.15, 0.2) is 0 Å². The predicted octanol–water partition coefficient (Wildman–Crippen LogP) is 2.63. The molecule has 0 aromatic heterocycles. The van der Waals surface area contributed by atoms with Gasteiger partial charge in [-0.3, -0.25) is 4.90 Å². The minimum atomic E-state index is 0.373. The monoisotopic (exact) mass is 212 g/mol. The average molecular weight is 212 g/mol. The zero-order chi connectivity index (χ0) is 11.3. The Morgan fingerprint density at radius 1 is 1.20 bits per heavy atom. The Morgan fingerprint density at radius 2 is 1.80 bits per heavy atom. The summed E-state index contributed by atoms with van der Waals surface area (Å²) in [6, 6.07) is 0.883. The normalized spacial score (nSPS) is 17.4. The Bertz CT molecular complexity index is 163. The van der Waals surface area contributed by atoms with E-state index >= 15 is 0 Å². The molecular weight excluding hydrogens is 184 g/mol. The first-order chi connectivity index (χ1) is 7.21. The van der Waals surface area contributed by atoms with E-state index in [1.807, 2.05) is 0 Å². The maximum atomic E-state index is 5.97. The summed E-state index contributed by atoms with van der Waals surface area (Å²) >= 11 is 0. The lowest BCUT2D eigenvalue weighted by atomic mass is 9.82. The SMILES string of the molecule is CCCN(CC(CC)(CC)CN)C1CC1. The molecule has 2 heteroatoms. The second-order valence-electron chi connectivity index (χ2n) is 5.11. The van der Waals surface area contributed by atoms with E-state index in [0.29, 0.717) is 5.41 Å². The summed E-state index contributed by atoms with van der Waals surface area (Å²) in [4.78, 5) is 2.68. The van der Waals surface area contributed by atoms with Crippen LogP contribution < -0.4 is 5.73 Å². The second-order valence-corrected chi connectivity index (χ2v) is 5.11. The highest BCUT2D eigenvalue weighted by Gasteiger charge is 2.34. The van der Waals surface area contributed by atoms with Crippen LogP contribution in [0.2, 0.25) is 0 Å². The molecule has 0 aliphatic heterocycles. The van der Waals surface area contributed by atoms with E-state index in [2.05, 4.69) is 25.7 Å². The number of hydrogen-bond donors (Lipinski definition) is 1. The summed E-state index contributed by atoms with van der Waals surface area (Å²) in [7, 11) is 0. The minimum Gasteiger partial charge on any atom is -0.330 e. The van der Waals surface area contributed by atoms with Gasteiger partial charge in [0, 0.05) is 12.6 Å². The first-order valence-corrected chi connectivity index (χ1v) is 6.65. The van der Waals surface area contributed by atoms with Crippen LogP contribution in [0.4, 0.5) is 0 Å². The van der Waals surface area contributed by atoms with E-state index in [-0.39, 0.29) is 0 Å². The highest BCUT2D eigenvalue weighted by Crippen LogP contribution is 2.33. The van der Waals surface area contributed by atoms with Gasteiger partial charge in [-0.1, -0.05) is 20.8 Å². The van der Waals surface area contributed by atoms with Gasteiger partial charge in [-0.15, -0.1) is 0 Å². The van der Waals surface area contributed by atoms with Crippen LogP contribution in [0.25, 0.3) is 0 Å². The van der Waals surface area contributed by atoms with Crippen molar-refractivity contribution in [3.63, 3.8) is 0 Å². The standard InChI is InChI=1S/C13H28N2/c1-4-9-15(12-7-8-12)11-13(5-2,6-3)10-14/h12H,4-11,14H2,1-3H3. The molecule has 0 radical (unpaired) electrons. The number of nitrogens with two attached hydrogens (primary N) is 1. The van der Waals surface area contributed by atoms with Crippen molar-refractivity contribution in [1.29, 1.82) is 0 Å². The molecule has 2 N–H and O–H groups in total. The first-order valence-electron chi connectivity index (χ1n) is 6.65. The molecule has 1 rings (SSSR count). The van der Waals surface area contributed by atoms with Gasteiger partial charge < -0.3 is 5.73 Å². The summed E-state index contributed by atoms with van der Waals surface area (Å²) in [6.07, 6.45) is 6.52. The van der Waals surface area contributed by atoms with Gasteiger partial charge in [0.25, 0.3) is 0 Å². The molecule has 0 spiro atoms. The average Bonchev–Trinajstić information content (AvgIpc) is 3.09. The topological polar surface area (TPSA) is 29.3 Å². The van der Waals surface area contributed by atoms with Crippen LogP contribution in [0, 0.1) is 5.41 Å². The summed E-state index contributed by atoms with van der Waals surface area (Å²) in [5, 5.41) is 0. The lowest BCUT2D eigenvalue weighted by Gasteiger charge is -2.36. The van der Waals surface area contributed by atoms with Crippen molar-refractivity contribution < 1.29 is 0 Å². The third kappa shape index (κ3) is 3.46. The third-order valence-electron chi connectivity index (χ3n) is 4.05. The van der Waals surface area contributed by atoms with Crippen molar-refractivity contribution in [2.75, 3.05) is 19.6 Å². The van der Waals surface area contributed by atoms with Gasteiger partial charge in [-0.05, 0) is 50.6 Å². The summed E-state index contributed by atoms with van der Waals surface area (Å²) in [6.45, 7) is 10.2. The molecule has 0 heterocycles. The lowest BCUT2D eigenvalue weighted by molar-refractivity contribution is 0.137. The molecule has 1 fully saturated rings. The maximum Gasteiger partial charge on any atom is 0.00966 e. The second kappa shape index (κ2) is 5.86. The predicted molar refractivity (Wildman–Crippen MR) is 67.0 cm³/mol. The van der Waals surface area contributed by atoms with Gasteiger partial charge in [-0.25, -0.2) is 0 Å². The molecule has 0 atom stereocenters. The van der Waals surface area contributed by atoms with Gasteiger partial charge in [0.2, 0.25) is 0 Å². The lowest BCUT2D eigenvalue weighted by Crippen LogP contribution is -2.43. The molecule has 2 nitrogen and oxygen atoms in total. The van der Waals surface area contributed by atoms with Crippen molar-refractivity contribution in [3.05, 3.63) is 0 Å². The Hall–Kier alpha value is -0.0800. The maximum absolute atomic E-state index is 5.97. The fourth-order valence-corrected chi connectivity index (χ4v) is 2.38. The van der Waals surface area contributed by atoms with Crippen LogP contribution in [-0.2, 0) is 0 Å². The molecule has 0 aromatic carbocycles. The van der Waals surface area contributed by atoms with E-state index in [0.717, 1.165) is 12.6 Å². The van der Waals surface area contributed by atoms with Crippen molar-refractivity contribution in [2.24, 2.45) is 11.1 Å². The van der Waals surface area contributed by atoms with Gasteiger partial charge in [0.05, 0.1) is 0 Å². The van der Waals surface area contributed by atoms with Crippen molar-refractivity contribution in [3.8, 4) is 0 Å². The van der Waals surface area contributed by atoms with Crippen LogP contribution >= 0.6 is 0 Å². The number of rotatable bonds is 8. The summed E-state index contributed by atoms with van der Waals surface area (Å²) in [5.41, 5.74) is 6.34.